The van der Waals surface area contributed by atoms with Gasteiger partial charge in [0, 0.05) is 20.3 Å². The molecule has 0 spiro atoms. The van der Waals surface area contributed by atoms with Gasteiger partial charge in [0.2, 0.25) is 0 Å². The van der Waals surface area contributed by atoms with Crippen molar-refractivity contribution in [1.82, 2.24) is 4.98 Å². The lowest BCUT2D eigenvalue weighted by Gasteiger charge is -2.25. The third-order valence-corrected chi connectivity index (χ3v) is 2.86. The predicted octanol–water partition coefficient (Wildman–Crippen LogP) is 3.23. The molecule has 0 aliphatic carbocycles. The van der Waals surface area contributed by atoms with Crippen molar-refractivity contribution >= 4 is 5.82 Å². The molecular weight excluding hydrogens is 184 g/mol. The standard InChI is InChI=1S/C13H22N2/c1-6-8-13(2,3)11-7-9-14-12(10-11)15(4)5/h7,9-10H,6,8H2,1-5H3. The summed E-state index contributed by atoms with van der Waals surface area (Å²) in [6.07, 6.45) is 4.33. The highest BCUT2D eigenvalue weighted by atomic mass is 15.1. The molecule has 1 aromatic rings. The zero-order chi connectivity index (χ0) is 11.5. The Morgan fingerprint density at radius 2 is 2.00 bits per heavy atom. The summed E-state index contributed by atoms with van der Waals surface area (Å²) in [5, 5.41) is 0. The maximum Gasteiger partial charge on any atom is 0.128 e. The minimum Gasteiger partial charge on any atom is -0.363 e. The van der Waals surface area contributed by atoms with E-state index in [1.165, 1.54) is 18.4 Å². The molecule has 0 aromatic carbocycles. The maximum atomic E-state index is 4.34. The number of pyridine rings is 1. The van der Waals surface area contributed by atoms with Gasteiger partial charge in [-0.15, -0.1) is 0 Å². The number of anilines is 1. The van der Waals surface area contributed by atoms with E-state index < -0.39 is 0 Å². The summed E-state index contributed by atoms with van der Waals surface area (Å²) in [5.74, 6) is 1.04. The van der Waals surface area contributed by atoms with Gasteiger partial charge in [-0.1, -0.05) is 27.2 Å². The average molecular weight is 206 g/mol. The number of nitrogens with zero attached hydrogens (tertiary/aromatic N) is 2. The zero-order valence-electron chi connectivity index (χ0n) is 10.5. The highest BCUT2D eigenvalue weighted by molar-refractivity contribution is 5.41. The fourth-order valence-electron chi connectivity index (χ4n) is 1.85. The van der Waals surface area contributed by atoms with E-state index in [2.05, 4.69) is 37.9 Å². The molecule has 0 saturated carbocycles. The Kier molecular flexibility index (Phi) is 3.72. The fraction of sp³-hybridized carbons (Fsp3) is 0.615. The van der Waals surface area contributed by atoms with Crippen LogP contribution in [-0.2, 0) is 5.41 Å². The van der Waals surface area contributed by atoms with Gasteiger partial charge >= 0.3 is 0 Å². The van der Waals surface area contributed by atoms with Crippen molar-refractivity contribution in [3.8, 4) is 0 Å². The lowest BCUT2D eigenvalue weighted by molar-refractivity contribution is 0.472. The first-order chi connectivity index (χ1) is 6.97. The maximum absolute atomic E-state index is 4.34. The molecule has 2 nitrogen and oxygen atoms in total. The molecule has 2 heteroatoms. The Hall–Kier alpha value is -1.05. The van der Waals surface area contributed by atoms with Crippen LogP contribution in [0.2, 0.25) is 0 Å². The predicted molar refractivity (Wildman–Crippen MR) is 66.5 cm³/mol. The van der Waals surface area contributed by atoms with Crippen LogP contribution in [0.25, 0.3) is 0 Å². The molecule has 0 N–H and O–H groups in total. The first kappa shape index (κ1) is 12.0. The van der Waals surface area contributed by atoms with Crippen LogP contribution in [0, 0.1) is 0 Å². The SMILES string of the molecule is CCCC(C)(C)c1ccnc(N(C)C)c1. The first-order valence-electron chi connectivity index (χ1n) is 5.61. The van der Waals surface area contributed by atoms with Gasteiger partial charge < -0.3 is 4.90 Å². The van der Waals surface area contributed by atoms with Crippen molar-refractivity contribution in [1.29, 1.82) is 0 Å². The van der Waals surface area contributed by atoms with E-state index in [4.69, 9.17) is 0 Å². The van der Waals surface area contributed by atoms with Crippen molar-refractivity contribution in [2.75, 3.05) is 19.0 Å². The molecule has 15 heavy (non-hydrogen) atoms. The van der Waals surface area contributed by atoms with E-state index in [0.717, 1.165) is 5.82 Å². The van der Waals surface area contributed by atoms with E-state index in [9.17, 15) is 0 Å². The van der Waals surface area contributed by atoms with E-state index in [0.29, 0.717) is 0 Å². The van der Waals surface area contributed by atoms with Gasteiger partial charge in [-0.3, -0.25) is 0 Å². The van der Waals surface area contributed by atoms with Crippen molar-refractivity contribution in [3.05, 3.63) is 23.9 Å². The first-order valence-corrected chi connectivity index (χ1v) is 5.61. The highest BCUT2D eigenvalue weighted by Gasteiger charge is 2.19. The van der Waals surface area contributed by atoms with Crippen LogP contribution in [0.3, 0.4) is 0 Å². The highest BCUT2D eigenvalue weighted by Crippen LogP contribution is 2.29. The molecule has 0 atom stereocenters. The summed E-state index contributed by atoms with van der Waals surface area (Å²) >= 11 is 0. The summed E-state index contributed by atoms with van der Waals surface area (Å²) in [6, 6.07) is 4.32. The Labute approximate surface area is 93.3 Å². The van der Waals surface area contributed by atoms with Gasteiger partial charge in [-0.2, -0.15) is 0 Å². The van der Waals surface area contributed by atoms with E-state index >= 15 is 0 Å². The molecule has 0 saturated heterocycles. The molecule has 0 aliphatic rings. The van der Waals surface area contributed by atoms with Gasteiger partial charge in [-0.25, -0.2) is 4.98 Å². The Balaban J connectivity index is 2.99. The van der Waals surface area contributed by atoms with Crippen LogP contribution in [0.4, 0.5) is 5.82 Å². The molecule has 0 fully saturated rings. The summed E-state index contributed by atoms with van der Waals surface area (Å²) in [7, 11) is 4.05. The average Bonchev–Trinajstić information content (AvgIpc) is 2.18. The largest absolute Gasteiger partial charge is 0.363 e. The number of aromatic nitrogens is 1. The van der Waals surface area contributed by atoms with Crippen molar-refractivity contribution < 1.29 is 0 Å². The Morgan fingerprint density at radius 1 is 1.33 bits per heavy atom. The van der Waals surface area contributed by atoms with Crippen LogP contribution in [0.15, 0.2) is 18.3 Å². The van der Waals surface area contributed by atoms with E-state index in [1.807, 2.05) is 25.2 Å². The molecule has 0 aliphatic heterocycles. The summed E-state index contributed by atoms with van der Waals surface area (Å²) < 4.78 is 0. The van der Waals surface area contributed by atoms with Gasteiger partial charge in [-0.05, 0) is 29.5 Å². The molecule has 0 radical (unpaired) electrons. The molecule has 1 rings (SSSR count). The van der Waals surface area contributed by atoms with Crippen LogP contribution in [-0.4, -0.2) is 19.1 Å². The fourth-order valence-corrected chi connectivity index (χ4v) is 1.85. The van der Waals surface area contributed by atoms with Crippen LogP contribution >= 0.6 is 0 Å². The van der Waals surface area contributed by atoms with Crippen LogP contribution in [0.1, 0.15) is 39.2 Å². The molecule has 0 amide bonds. The monoisotopic (exact) mass is 206 g/mol. The summed E-state index contributed by atoms with van der Waals surface area (Å²) in [4.78, 5) is 6.39. The Bertz CT molecular complexity index is 316. The summed E-state index contributed by atoms with van der Waals surface area (Å²) in [5.41, 5.74) is 1.63. The Morgan fingerprint density at radius 3 is 2.53 bits per heavy atom. The second-order valence-corrected chi connectivity index (χ2v) is 4.93. The molecular formula is C13H22N2. The number of hydrogen-bond acceptors (Lipinski definition) is 2. The third kappa shape index (κ3) is 2.95. The normalized spacial score (nSPS) is 11.5. The lowest BCUT2D eigenvalue weighted by Crippen LogP contribution is -2.18. The topological polar surface area (TPSA) is 16.1 Å². The van der Waals surface area contributed by atoms with E-state index in [-0.39, 0.29) is 5.41 Å². The van der Waals surface area contributed by atoms with Crippen molar-refractivity contribution in [3.63, 3.8) is 0 Å². The van der Waals surface area contributed by atoms with Gasteiger partial charge in [0.25, 0.3) is 0 Å². The van der Waals surface area contributed by atoms with Crippen LogP contribution < -0.4 is 4.90 Å². The summed E-state index contributed by atoms with van der Waals surface area (Å²) in [6.45, 7) is 6.83. The second kappa shape index (κ2) is 4.65. The van der Waals surface area contributed by atoms with Crippen molar-refractivity contribution in [2.24, 2.45) is 0 Å². The number of rotatable bonds is 4. The van der Waals surface area contributed by atoms with Crippen molar-refractivity contribution in [2.45, 2.75) is 39.0 Å². The van der Waals surface area contributed by atoms with Gasteiger partial charge in [0.1, 0.15) is 5.82 Å². The minimum absolute atomic E-state index is 0.252. The molecule has 1 aromatic heterocycles. The smallest absolute Gasteiger partial charge is 0.128 e. The molecule has 84 valence electrons. The number of hydrogen-bond donors (Lipinski definition) is 0. The lowest BCUT2D eigenvalue weighted by atomic mass is 9.81. The minimum atomic E-state index is 0.252. The van der Waals surface area contributed by atoms with Crippen LogP contribution in [0.5, 0.6) is 0 Å². The zero-order valence-corrected chi connectivity index (χ0v) is 10.5. The molecule has 1 heterocycles. The quantitative estimate of drug-likeness (QED) is 0.752. The van der Waals surface area contributed by atoms with E-state index in [1.54, 1.807) is 0 Å². The second-order valence-electron chi connectivity index (χ2n) is 4.93. The van der Waals surface area contributed by atoms with Gasteiger partial charge in [0.15, 0.2) is 0 Å². The molecule has 0 bridgehead atoms. The molecule has 0 unspecified atom stereocenters. The van der Waals surface area contributed by atoms with Gasteiger partial charge in [0.05, 0.1) is 0 Å². The third-order valence-electron chi connectivity index (χ3n) is 2.86.